The number of amides is 1. The van der Waals surface area contributed by atoms with Gasteiger partial charge in [-0.3, -0.25) is 4.79 Å². The average Bonchev–Trinajstić information content (AvgIpc) is 2.37. The third kappa shape index (κ3) is 3.58. The molecule has 0 bridgehead atoms. The Morgan fingerprint density at radius 1 is 1.47 bits per heavy atom. The second-order valence-corrected chi connectivity index (χ2v) is 4.36. The van der Waals surface area contributed by atoms with Crippen molar-refractivity contribution in [2.24, 2.45) is 5.92 Å². The molecule has 4 nitrogen and oxygen atoms in total. The van der Waals surface area contributed by atoms with Gasteiger partial charge in [0.15, 0.2) is 0 Å². The summed E-state index contributed by atoms with van der Waals surface area (Å²) in [5, 5.41) is 0. The molecule has 1 amide bonds. The fourth-order valence-corrected chi connectivity index (χ4v) is 1.92. The topological polar surface area (TPSA) is 46.6 Å². The predicted octanol–water partition coefficient (Wildman–Crippen LogP) is 1.75. The van der Waals surface area contributed by atoms with Crippen LogP contribution in [0.5, 0.6) is 0 Å². The van der Waals surface area contributed by atoms with Crippen molar-refractivity contribution in [3.05, 3.63) is 12.2 Å². The van der Waals surface area contributed by atoms with Crippen LogP contribution in [0.2, 0.25) is 0 Å². The van der Waals surface area contributed by atoms with Crippen LogP contribution >= 0.6 is 0 Å². The first-order valence-corrected chi connectivity index (χ1v) is 6.16. The molecule has 0 saturated heterocycles. The van der Waals surface area contributed by atoms with Gasteiger partial charge in [0, 0.05) is 13.0 Å². The monoisotopic (exact) mass is 239 g/mol. The van der Waals surface area contributed by atoms with Crippen molar-refractivity contribution in [3.8, 4) is 0 Å². The van der Waals surface area contributed by atoms with Crippen LogP contribution < -0.4 is 0 Å². The van der Waals surface area contributed by atoms with Gasteiger partial charge in [0.1, 0.15) is 6.04 Å². The zero-order chi connectivity index (χ0) is 12.8. The summed E-state index contributed by atoms with van der Waals surface area (Å²) in [5.74, 6) is -0.286. The fraction of sp³-hybridized carbons (Fsp3) is 0.692. The van der Waals surface area contributed by atoms with Crippen LogP contribution in [0.15, 0.2) is 12.2 Å². The lowest BCUT2D eigenvalue weighted by molar-refractivity contribution is -0.154. The maximum Gasteiger partial charge on any atom is 0.328 e. The van der Waals surface area contributed by atoms with Crippen molar-refractivity contribution in [2.45, 2.75) is 39.2 Å². The zero-order valence-electron chi connectivity index (χ0n) is 10.8. The average molecular weight is 239 g/mol. The quantitative estimate of drug-likeness (QED) is 0.554. The van der Waals surface area contributed by atoms with Crippen LogP contribution in [-0.4, -0.2) is 36.5 Å². The van der Waals surface area contributed by atoms with Gasteiger partial charge in [-0.25, -0.2) is 4.79 Å². The Labute approximate surface area is 103 Å². The predicted molar refractivity (Wildman–Crippen MR) is 65.3 cm³/mol. The SMILES string of the molecule is CCOC(=O)[C@@H](C)N(C)C(=O)[C@H]1CC=CCC1. The summed E-state index contributed by atoms with van der Waals surface area (Å²) in [4.78, 5) is 25.2. The Hall–Kier alpha value is -1.32. The van der Waals surface area contributed by atoms with Crippen molar-refractivity contribution in [2.75, 3.05) is 13.7 Å². The maximum absolute atomic E-state index is 12.1. The van der Waals surface area contributed by atoms with E-state index in [-0.39, 0.29) is 17.8 Å². The van der Waals surface area contributed by atoms with Crippen LogP contribution in [0.3, 0.4) is 0 Å². The normalized spacial score (nSPS) is 20.8. The van der Waals surface area contributed by atoms with Crippen molar-refractivity contribution < 1.29 is 14.3 Å². The van der Waals surface area contributed by atoms with E-state index in [1.807, 2.05) is 6.08 Å². The number of hydrogen-bond acceptors (Lipinski definition) is 3. The van der Waals surface area contributed by atoms with E-state index in [4.69, 9.17) is 4.74 Å². The van der Waals surface area contributed by atoms with Crippen LogP contribution in [0, 0.1) is 5.92 Å². The Morgan fingerprint density at radius 3 is 2.71 bits per heavy atom. The molecule has 0 aromatic rings. The number of ether oxygens (including phenoxy) is 1. The summed E-state index contributed by atoms with van der Waals surface area (Å²) in [7, 11) is 1.67. The van der Waals surface area contributed by atoms with Crippen LogP contribution in [0.4, 0.5) is 0 Å². The van der Waals surface area contributed by atoms with E-state index in [0.717, 1.165) is 19.3 Å². The second kappa shape index (κ2) is 6.42. The van der Waals surface area contributed by atoms with Gasteiger partial charge in [0.2, 0.25) is 5.91 Å². The molecule has 0 radical (unpaired) electrons. The minimum absolute atomic E-state index is 0.0156. The van der Waals surface area contributed by atoms with Gasteiger partial charge < -0.3 is 9.64 Å². The van der Waals surface area contributed by atoms with E-state index in [1.165, 1.54) is 4.90 Å². The lowest BCUT2D eigenvalue weighted by atomic mass is 9.93. The summed E-state index contributed by atoms with van der Waals surface area (Å²) < 4.78 is 4.92. The number of esters is 1. The molecule has 1 aliphatic carbocycles. The molecular weight excluding hydrogens is 218 g/mol. The number of carbonyl (C=O) groups excluding carboxylic acids is 2. The van der Waals surface area contributed by atoms with Gasteiger partial charge >= 0.3 is 5.97 Å². The van der Waals surface area contributed by atoms with E-state index in [1.54, 1.807) is 20.9 Å². The molecule has 0 spiro atoms. The lowest BCUT2D eigenvalue weighted by Crippen LogP contribution is -2.44. The van der Waals surface area contributed by atoms with Crippen molar-refractivity contribution in [1.82, 2.24) is 4.90 Å². The molecule has 0 aromatic carbocycles. The van der Waals surface area contributed by atoms with Crippen LogP contribution in [0.1, 0.15) is 33.1 Å². The van der Waals surface area contributed by atoms with Gasteiger partial charge in [0.05, 0.1) is 6.61 Å². The Kier molecular flexibility index (Phi) is 5.19. The molecule has 0 unspecified atom stereocenters. The van der Waals surface area contributed by atoms with Crippen molar-refractivity contribution in [3.63, 3.8) is 0 Å². The van der Waals surface area contributed by atoms with Gasteiger partial charge in [-0.2, -0.15) is 0 Å². The fourth-order valence-electron chi connectivity index (χ4n) is 1.92. The standard InChI is InChI=1S/C13H21NO3/c1-4-17-13(16)10(2)14(3)12(15)11-8-6-5-7-9-11/h5-6,10-11H,4,7-9H2,1-3H3/t10-,11+/m1/s1. The molecule has 0 aromatic heterocycles. The van der Waals surface area contributed by atoms with Crippen molar-refractivity contribution in [1.29, 1.82) is 0 Å². The molecular formula is C13H21NO3. The van der Waals surface area contributed by atoms with Gasteiger partial charge in [0.25, 0.3) is 0 Å². The van der Waals surface area contributed by atoms with E-state index in [9.17, 15) is 9.59 Å². The number of carbonyl (C=O) groups is 2. The number of likely N-dealkylation sites (N-methyl/N-ethyl adjacent to an activating group) is 1. The van der Waals surface area contributed by atoms with E-state index < -0.39 is 6.04 Å². The number of rotatable bonds is 4. The minimum atomic E-state index is -0.506. The highest BCUT2D eigenvalue weighted by atomic mass is 16.5. The Morgan fingerprint density at radius 2 is 2.18 bits per heavy atom. The Balaban J connectivity index is 2.56. The molecule has 0 aliphatic heterocycles. The number of nitrogens with zero attached hydrogens (tertiary/aromatic N) is 1. The van der Waals surface area contributed by atoms with Gasteiger partial charge in [-0.05, 0) is 33.1 Å². The maximum atomic E-state index is 12.1. The molecule has 0 heterocycles. The summed E-state index contributed by atoms with van der Waals surface area (Å²) >= 11 is 0. The first-order valence-electron chi connectivity index (χ1n) is 6.16. The first kappa shape index (κ1) is 13.7. The highest BCUT2D eigenvalue weighted by Gasteiger charge is 2.28. The molecule has 1 aliphatic rings. The van der Waals surface area contributed by atoms with E-state index in [2.05, 4.69) is 6.08 Å². The highest BCUT2D eigenvalue weighted by molar-refractivity contribution is 5.85. The van der Waals surface area contributed by atoms with E-state index >= 15 is 0 Å². The second-order valence-electron chi connectivity index (χ2n) is 4.36. The minimum Gasteiger partial charge on any atom is -0.464 e. The van der Waals surface area contributed by atoms with Crippen molar-refractivity contribution >= 4 is 11.9 Å². The van der Waals surface area contributed by atoms with Crippen LogP contribution in [0.25, 0.3) is 0 Å². The molecule has 0 fully saturated rings. The largest absolute Gasteiger partial charge is 0.464 e. The summed E-state index contributed by atoms with van der Waals surface area (Å²) in [5.41, 5.74) is 0. The van der Waals surface area contributed by atoms with Gasteiger partial charge in [-0.15, -0.1) is 0 Å². The van der Waals surface area contributed by atoms with Gasteiger partial charge in [-0.1, -0.05) is 12.2 Å². The summed E-state index contributed by atoms with van der Waals surface area (Å²) in [6.45, 7) is 3.81. The molecule has 96 valence electrons. The summed E-state index contributed by atoms with van der Waals surface area (Å²) in [6, 6.07) is -0.506. The molecule has 0 N–H and O–H groups in total. The number of hydrogen-bond donors (Lipinski definition) is 0. The molecule has 4 heteroatoms. The molecule has 1 rings (SSSR count). The summed E-state index contributed by atoms with van der Waals surface area (Å²) in [6.07, 6.45) is 6.72. The lowest BCUT2D eigenvalue weighted by Gasteiger charge is -2.28. The molecule has 2 atom stereocenters. The van der Waals surface area contributed by atoms with Crippen LogP contribution in [-0.2, 0) is 14.3 Å². The Bertz CT molecular complexity index is 312. The number of allylic oxidation sites excluding steroid dienone is 2. The highest BCUT2D eigenvalue weighted by Crippen LogP contribution is 2.21. The smallest absolute Gasteiger partial charge is 0.328 e. The third-order valence-electron chi connectivity index (χ3n) is 3.17. The van der Waals surface area contributed by atoms with E-state index in [0.29, 0.717) is 6.61 Å². The zero-order valence-corrected chi connectivity index (χ0v) is 10.8. The first-order chi connectivity index (χ1) is 8.07. The molecule has 17 heavy (non-hydrogen) atoms. The molecule has 0 saturated carbocycles. The third-order valence-corrected chi connectivity index (χ3v) is 3.17.